The quantitative estimate of drug-likeness (QED) is 0.634. The molecule has 2 aromatic rings. The lowest BCUT2D eigenvalue weighted by molar-refractivity contribution is -0.114. The number of sulfonamides is 2. The van der Waals surface area contributed by atoms with E-state index in [9.17, 15) is 21.6 Å². The zero-order chi connectivity index (χ0) is 22.6. The van der Waals surface area contributed by atoms with Gasteiger partial charge in [0.2, 0.25) is 26.0 Å². The minimum absolute atomic E-state index is 0.154. The zero-order valence-corrected chi connectivity index (χ0v) is 18.9. The summed E-state index contributed by atoms with van der Waals surface area (Å²) in [4.78, 5) is 12.7. The zero-order valence-electron chi connectivity index (χ0n) is 17.3. The summed E-state index contributed by atoms with van der Waals surface area (Å²) in [5, 5.41) is 2.61. The summed E-state index contributed by atoms with van der Waals surface area (Å²) in [6, 6.07) is 12.2. The molecule has 0 atom stereocenters. The van der Waals surface area contributed by atoms with Crippen LogP contribution in [0.5, 0.6) is 5.75 Å². The number of ether oxygens (including phenoxy) is 1. The summed E-state index contributed by atoms with van der Waals surface area (Å²) in [5.41, 5.74) is 0.661. The van der Waals surface area contributed by atoms with Crippen molar-refractivity contribution in [2.45, 2.75) is 17.7 Å². The molecule has 9 nitrogen and oxygen atoms in total. The third-order valence-electron chi connectivity index (χ3n) is 4.87. The molecule has 0 unspecified atom stereocenters. The average molecular weight is 468 g/mol. The summed E-state index contributed by atoms with van der Waals surface area (Å²) in [6.45, 7) is 0.568. The highest BCUT2D eigenvalue weighted by Crippen LogP contribution is 2.24. The number of rotatable bonds is 8. The number of hydrogen-bond acceptors (Lipinski definition) is 6. The first-order valence-electron chi connectivity index (χ1n) is 9.63. The molecule has 31 heavy (non-hydrogen) atoms. The highest BCUT2D eigenvalue weighted by molar-refractivity contribution is 7.92. The number of hydrogen-bond donors (Lipinski definition) is 1. The van der Waals surface area contributed by atoms with E-state index < -0.39 is 32.5 Å². The lowest BCUT2D eigenvalue weighted by Crippen LogP contribution is -2.37. The van der Waals surface area contributed by atoms with E-state index in [0.29, 0.717) is 30.2 Å². The van der Waals surface area contributed by atoms with E-state index in [1.54, 1.807) is 18.2 Å². The van der Waals surface area contributed by atoms with Crippen LogP contribution in [-0.2, 0) is 24.8 Å². The minimum Gasteiger partial charge on any atom is -0.497 e. The van der Waals surface area contributed by atoms with E-state index in [1.165, 1.54) is 41.7 Å². The molecule has 0 aromatic heterocycles. The molecular formula is C20H25N3O6S2. The van der Waals surface area contributed by atoms with E-state index in [2.05, 4.69) is 5.32 Å². The Labute approximate surface area is 182 Å². The fourth-order valence-corrected chi connectivity index (χ4v) is 5.65. The molecule has 2 aromatic carbocycles. The Hall–Kier alpha value is -2.63. The van der Waals surface area contributed by atoms with Gasteiger partial charge in [-0.2, -0.15) is 4.31 Å². The summed E-state index contributed by atoms with van der Waals surface area (Å²) in [7, 11) is -5.81. The number of anilines is 2. The number of benzene rings is 2. The van der Waals surface area contributed by atoms with Crippen LogP contribution >= 0.6 is 0 Å². The molecule has 1 N–H and O–H groups in total. The van der Waals surface area contributed by atoms with E-state index in [4.69, 9.17) is 4.74 Å². The SMILES string of the molecule is COc1cccc(N(CC(=O)Nc2ccc(S(=O)(=O)N3CCCC3)cc2)S(C)(=O)=O)c1. The second kappa shape index (κ2) is 9.25. The van der Waals surface area contributed by atoms with Gasteiger partial charge in [0.25, 0.3) is 0 Å². The largest absolute Gasteiger partial charge is 0.497 e. The Bertz CT molecular complexity index is 1140. The van der Waals surface area contributed by atoms with Crippen molar-refractivity contribution in [3.05, 3.63) is 48.5 Å². The van der Waals surface area contributed by atoms with Crippen LogP contribution in [0.25, 0.3) is 0 Å². The molecule has 0 spiro atoms. The lowest BCUT2D eigenvalue weighted by atomic mass is 10.3. The molecule has 1 amide bonds. The predicted octanol–water partition coefficient (Wildman–Crippen LogP) is 1.88. The van der Waals surface area contributed by atoms with E-state index in [1.807, 2.05) is 0 Å². The van der Waals surface area contributed by atoms with Gasteiger partial charge in [0.15, 0.2) is 0 Å². The van der Waals surface area contributed by atoms with Gasteiger partial charge < -0.3 is 10.1 Å². The highest BCUT2D eigenvalue weighted by atomic mass is 32.2. The van der Waals surface area contributed by atoms with Gasteiger partial charge in [-0.15, -0.1) is 0 Å². The van der Waals surface area contributed by atoms with Crippen LogP contribution in [0.1, 0.15) is 12.8 Å². The summed E-state index contributed by atoms with van der Waals surface area (Å²) >= 11 is 0. The number of methoxy groups -OCH3 is 1. The number of carbonyl (C=O) groups excluding carboxylic acids is 1. The summed E-state index contributed by atoms with van der Waals surface area (Å²) in [6.07, 6.45) is 2.70. The molecule has 0 bridgehead atoms. The number of nitrogens with zero attached hydrogens (tertiary/aromatic N) is 2. The Morgan fingerprint density at radius 2 is 1.71 bits per heavy atom. The van der Waals surface area contributed by atoms with E-state index in [-0.39, 0.29) is 4.90 Å². The van der Waals surface area contributed by atoms with Crippen LogP contribution in [0.15, 0.2) is 53.4 Å². The fraction of sp³-hybridized carbons (Fsp3) is 0.350. The molecule has 1 aliphatic heterocycles. The summed E-state index contributed by atoms with van der Waals surface area (Å²) < 4.78 is 57.2. The highest BCUT2D eigenvalue weighted by Gasteiger charge is 2.27. The van der Waals surface area contributed by atoms with Gasteiger partial charge in [-0.25, -0.2) is 16.8 Å². The van der Waals surface area contributed by atoms with Crippen LogP contribution in [0.3, 0.4) is 0 Å². The Morgan fingerprint density at radius 3 is 2.29 bits per heavy atom. The third-order valence-corrected chi connectivity index (χ3v) is 7.92. The van der Waals surface area contributed by atoms with Gasteiger partial charge in [-0.1, -0.05) is 6.07 Å². The topological polar surface area (TPSA) is 113 Å². The van der Waals surface area contributed by atoms with Crippen molar-refractivity contribution in [3.8, 4) is 5.75 Å². The van der Waals surface area contributed by atoms with Crippen molar-refractivity contribution in [1.29, 1.82) is 0 Å². The Balaban J connectivity index is 1.72. The van der Waals surface area contributed by atoms with Crippen molar-refractivity contribution in [1.82, 2.24) is 4.31 Å². The first-order valence-corrected chi connectivity index (χ1v) is 12.9. The normalized spacial score (nSPS) is 14.9. The van der Waals surface area contributed by atoms with Crippen molar-refractivity contribution in [2.75, 3.05) is 42.6 Å². The maximum Gasteiger partial charge on any atom is 0.245 e. The van der Waals surface area contributed by atoms with Gasteiger partial charge >= 0.3 is 0 Å². The van der Waals surface area contributed by atoms with Crippen LogP contribution in [0, 0.1) is 0 Å². The van der Waals surface area contributed by atoms with Crippen molar-refractivity contribution in [2.24, 2.45) is 0 Å². The molecule has 168 valence electrons. The lowest BCUT2D eigenvalue weighted by Gasteiger charge is -2.22. The molecule has 1 aliphatic rings. The Kier molecular flexibility index (Phi) is 6.87. The number of amides is 1. The predicted molar refractivity (Wildman–Crippen MR) is 118 cm³/mol. The van der Waals surface area contributed by atoms with Gasteiger partial charge in [0.05, 0.1) is 23.9 Å². The maximum absolute atomic E-state index is 12.6. The fourth-order valence-electron chi connectivity index (χ4n) is 3.28. The molecular weight excluding hydrogens is 442 g/mol. The van der Waals surface area contributed by atoms with E-state index >= 15 is 0 Å². The van der Waals surface area contributed by atoms with Crippen LogP contribution in [0.4, 0.5) is 11.4 Å². The molecule has 1 saturated heterocycles. The van der Waals surface area contributed by atoms with Gasteiger partial charge in [-0.05, 0) is 49.2 Å². The summed E-state index contributed by atoms with van der Waals surface area (Å²) in [5.74, 6) is -0.107. The monoisotopic (exact) mass is 467 g/mol. The molecule has 0 radical (unpaired) electrons. The van der Waals surface area contributed by atoms with Crippen LogP contribution < -0.4 is 14.4 Å². The molecule has 0 saturated carbocycles. The van der Waals surface area contributed by atoms with Crippen LogP contribution in [-0.4, -0.2) is 60.0 Å². The molecule has 1 heterocycles. The van der Waals surface area contributed by atoms with Crippen molar-refractivity contribution < 1.29 is 26.4 Å². The molecule has 0 aliphatic carbocycles. The number of carbonyl (C=O) groups is 1. The standard InChI is InChI=1S/C20H25N3O6S2/c1-29-18-7-5-6-17(14-18)23(30(2,25)26)15-20(24)21-16-8-10-19(11-9-16)31(27,28)22-12-3-4-13-22/h5-11,14H,3-4,12-13,15H2,1-2H3,(H,21,24). The average Bonchev–Trinajstić information content (AvgIpc) is 3.27. The van der Waals surface area contributed by atoms with E-state index in [0.717, 1.165) is 23.4 Å². The molecule has 1 fully saturated rings. The van der Waals surface area contributed by atoms with Gasteiger partial charge in [-0.3, -0.25) is 9.10 Å². The van der Waals surface area contributed by atoms with Crippen molar-refractivity contribution >= 4 is 37.3 Å². The third kappa shape index (κ3) is 5.54. The molecule has 3 rings (SSSR count). The second-order valence-corrected chi connectivity index (χ2v) is 11.0. The second-order valence-electron chi connectivity index (χ2n) is 7.15. The van der Waals surface area contributed by atoms with Gasteiger partial charge in [0, 0.05) is 24.8 Å². The smallest absolute Gasteiger partial charge is 0.245 e. The first kappa shape index (κ1) is 23.0. The van der Waals surface area contributed by atoms with Gasteiger partial charge in [0.1, 0.15) is 12.3 Å². The van der Waals surface area contributed by atoms with Crippen molar-refractivity contribution in [3.63, 3.8) is 0 Å². The molecule has 11 heteroatoms. The Morgan fingerprint density at radius 1 is 1.06 bits per heavy atom. The van der Waals surface area contributed by atoms with Crippen LogP contribution in [0.2, 0.25) is 0 Å². The minimum atomic E-state index is -3.73. The number of nitrogens with one attached hydrogen (secondary N) is 1. The first-order chi connectivity index (χ1) is 14.6. The maximum atomic E-state index is 12.6.